The first-order valence-corrected chi connectivity index (χ1v) is 4.71. The predicted octanol–water partition coefficient (Wildman–Crippen LogP) is 2.23. The van der Waals surface area contributed by atoms with E-state index in [-0.39, 0.29) is 0 Å². The van der Waals surface area contributed by atoms with Gasteiger partial charge in [0.15, 0.2) is 0 Å². The summed E-state index contributed by atoms with van der Waals surface area (Å²) in [6.07, 6.45) is 4.05. The summed E-state index contributed by atoms with van der Waals surface area (Å²) in [5.74, 6) is 0.999. The maximum Gasteiger partial charge on any atom is 0.133 e. The van der Waals surface area contributed by atoms with E-state index in [1.165, 1.54) is 9.15 Å². The van der Waals surface area contributed by atoms with Crippen molar-refractivity contribution in [1.82, 2.24) is 5.32 Å². The molecule has 1 aliphatic heterocycles. The second kappa shape index (κ2) is 3.90. The summed E-state index contributed by atoms with van der Waals surface area (Å²) in [5, 5.41) is 3.12. The van der Waals surface area contributed by atoms with Crippen LogP contribution in [0.15, 0.2) is 26.4 Å². The number of nitrogens with one attached hydrogen (secondary N) is 1. The Balaban J connectivity index is 2.86. The van der Waals surface area contributed by atoms with Crippen molar-refractivity contribution in [3.05, 3.63) is 21.4 Å². The lowest BCUT2D eigenvalue weighted by Gasteiger charge is -1.98. The van der Waals surface area contributed by atoms with Gasteiger partial charge in [0.25, 0.3) is 0 Å². The van der Waals surface area contributed by atoms with Gasteiger partial charge in [-0.3, -0.25) is 4.99 Å². The third kappa shape index (κ3) is 1.83. The number of amidine groups is 1. The van der Waals surface area contributed by atoms with E-state index in [4.69, 9.17) is 0 Å². The molecule has 0 bridgehead atoms. The minimum atomic E-state index is 0.831. The maximum atomic E-state index is 4.31. The number of nitrogens with zero attached hydrogens (tertiary/aromatic N) is 1. The molecule has 0 aliphatic carbocycles. The highest BCUT2D eigenvalue weighted by molar-refractivity contribution is 14.1. The van der Waals surface area contributed by atoms with Gasteiger partial charge in [-0.2, -0.15) is 0 Å². The van der Waals surface area contributed by atoms with E-state index in [1.807, 2.05) is 20.0 Å². The number of rotatable bonds is 1. The number of hydrogen-bond donors (Lipinski definition) is 1. The Kier molecular flexibility index (Phi) is 3.11. The first-order chi connectivity index (χ1) is 5.29. The third-order valence-electron chi connectivity index (χ3n) is 1.45. The molecule has 1 aliphatic rings. The van der Waals surface area contributed by atoms with Crippen LogP contribution in [-0.4, -0.2) is 12.4 Å². The van der Waals surface area contributed by atoms with E-state index in [9.17, 15) is 0 Å². The molecule has 0 atom stereocenters. The Hall–Kier alpha value is -0.320. The van der Waals surface area contributed by atoms with Crippen LogP contribution in [0, 0.1) is 0 Å². The maximum absolute atomic E-state index is 4.31. The molecule has 0 unspecified atom stereocenters. The fraction of sp³-hybridized carbons (Fsp3) is 0.375. The normalized spacial score (nSPS) is 24.1. The number of hydrogen-bond acceptors (Lipinski definition) is 1. The van der Waals surface area contributed by atoms with Crippen molar-refractivity contribution in [3.63, 3.8) is 0 Å². The van der Waals surface area contributed by atoms with Gasteiger partial charge in [-0.15, -0.1) is 0 Å². The van der Waals surface area contributed by atoms with Gasteiger partial charge in [-0.1, -0.05) is 6.08 Å². The molecule has 3 heteroatoms. The zero-order valence-electron chi connectivity index (χ0n) is 6.69. The Morgan fingerprint density at radius 1 is 1.73 bits per heavy atom. The highest BCUT2D eigenvalue weighted by Gasteiger charge is 2.13. The molecule has 1 rings (SSSR count). The summed E-state index contributed by atoms with van der Waals surface area (Å²) in [7, 11) is 0. The molecule has 0 aromatic rings. The SMILES string of the molecule is C/C=C1/C(I)=CN/C1=N/CC. The molecular weight excluding hydrogens is 251 g/mol. The molecule has 0 aromatic carbocycles. The van der Waals surface area contributed by atoms with Gasteiger partial charge in [0.1, 0.15) is 5.84 Å². The van der Waals surface area contributed by atoms with Crippen LogP contribution in [0.5, 0.6) is 0 Å². The summed E-state index contributed by atoms with van der Waals surface area (Å²) in [6, 6.07) is 0. The van der Waals surface area contributed by atoms with Crippen LogP contribution in [0.4, 0.5) is 0 Å². The predicted molar refractivity (Wildman–Crippen MR) is 57.0 cm³/mol. The van der Waals surface area contributed by atoms with Gasteiger partial charge in [-0.25, -0.2) is 0 Å². The van der Waals surface area contributed by atoms with Crippen LogP contribution in [0.3, 0.4) is 0 Å². The number of halogens is 1. The molecule has 0 fully saturated rings. The smallest absolute Gasteiger partial charge is 0.133 e. The lowest BCUT2D eigenvalue weighted by atomic mass is 10.2. The summed E-state index contributed by atoms with van der Waals surface area (Å²) < 4.78 is 1.23. The second-order valence-electron chi connectivity index (χ2n) is 2.16. The van der Waals surface area contributed by atoms with Gasteiger partial charge in [0, 0.05) is 21.9 Å². The Morgan fingerprint density at radius 3 is 3.00 bits per heavy atom. The molecule has 60 valence electrons. The minimum Gasteiger partial charge on any atom is -0.345 e. The van der Waals surface area contributed by atoms with Crippen LogP contribution in [0.1, 0.15) is 13.8 Å². The van der Waals surface area contributed by atoms with Crippen molar-refractivity contribution in [2.45, 2.75) is 13.8 Å². The van der Waals surface area contributed by atoms with E-state index < -0.39 is 0 Å². The Morgan fingerprint density at radius 2 is 2.45 bits per heavy atom. The van der Waals surface area contributed by atoms with Crippen LogP contribution in [0.25, 0.3) is 0 Å². The van der Waals surface area contributed by atoms with Crippen LogP contribution in [-0.2, 0) is 0 Å². The van der Waals surface area contributed by atoms with Gasteiger partial charge < -0.3 is 5.32 Å². The summed E-state index contributed by atoms with van der Waals surface area (Å²) in [5.41, 5.74) is 1.22. The second-order valence-corrected chi connectivity index (χ2v) is 3.32. The first kappa shape index (κ1) is 8.77. The average molecular weight is 262 g/mol. The largest absolute Gasteiger partial charge is 0.345 e. The average Bonchev–Trinajstić information content (AvgIpc) is 2.33. The van der Waals surface area contributed by atoms with Crippen molar-refractivity contribution in [2.24, 2.45) is 4.99 Å². The zero-order valence-corrected chi connectivity index (χ0v) is 8.84. The lowest BCUT2D eigenvalue weighted by Crippen LogP contribution is -2.13. The van der Waals surface area contributed by atoms with E-state index in [0.717, 1.165) is 12.4 Å². The van der Waals surface area contributed by atoms with Crippen LogP contribution < -0.4 is 5.32 Å². The van der Waals surface area contributed by atoms with Gasteiger partial charge in [0.05, 0.1) is 0 Å². The van der Waals surface area contributed by atoms with Crippen LogP contribution in [0.2, 0.25) is 0 Å². The summed E-state index contributed by atoms with van der Waals surface area (Å²) in [6.45, 7) is 4.89. The van der Waals surface area contributed by atoms with Crippen molar-refractivity contribution in [1.29, 1.82) is 0 Å². The quantitative estimate of drug-likeness (QED) is 0.720. The molecule has 0 amide bonds. The fourth-order valence-corrected chi connectivity index (χ4v) is 1.69. The topological polar surface area (TPSA) is 24.4 Å². The van der Waals surface area contributed by atoms with E-state index >= 15 is 0 Å². The highest BCUT2D eigenvalue weighted by Crippen LogP contribution is 2.22. The van der Waals surface area contributed by atoms with Crippen molar-refractivity contribution >= 4 is 28.4 Å². The molecule has 1 N–H and O–H groups in total. The summed E-state index contributed by atoms with van der Waals surface area (Å²) in [4.78, 5) is 4.31. The monoisotopic (exact) mass is 262 g/mol. The molecule has 0 radical (unpaired) electrons. The van der Waals surface area contributed by atoms with Gasteiger partial charge in [-0.05, 0) is 36.4 Å². The van der Waals surface area contributed by atoms with Gasteiger partial charge >= 0.3 is 0 Å². The lowest BCUT2D eigenvalue weighted by molar-refractivity contribution is 1.10. The molecule has 0 saturated heterocycles. The first-order valence-electron chi connectivity index (χ1n) is 3.63. The Labute approximate surface area is 80.6 Å². The minimum absolute atomic E-state index is 0.831. The van der Waals surface area contributed by atoms with E-state index in [1.54, 1.807) is 0 Å². The van der Waals surface area contributed by atoms with Crippen molar-refractivity contribution < 1.29 is 0 Å². The molecule has 1 heterocycles. The molecule has 0 spiro atoms. The van der Waals surface area contributed by atoms with Crippen molar-refractivity contribution in [2.75, 3.05) is 6.54 Å². The van der Waals surface area contributed by atoms with Crippen molar-refractivity contribution in [3.8, 4) is 0 Å². The fourth-order valence-electron chi connectivity index (χ4n) is 0.964. The van der Waals surface area contributed by atoms with Crippen LogP contribution >= 0.6 is 22.6 Å². The van der Waals surface area contributed by atoms with Gasteiger partial charge in [0.2, 0.25) is 0 Å². The molecule has 0 saturated carbocycles. The highest BCUT2D eigenvalue weighted by atomic mass is 127. The Bertz CT molecular complexity index is 238. The molecule has 0 aromatic heterocycles. The summed E-state index contributed by atoms with van der Waals surface area (Å²) >= 11 is 2.30. The van der Waals surface area contributed by atoms with E-state index in [0.29, 0.717) is 0 Å². The molecule has 2 nitrogen and oxygen atoms in total. The number of aliphatic imine (C=N–C) groups is 1. The molecular formula is C8H11IN2. The molecule has 11 heavy (non-hydrogen) atoms. The third-order valence-corrected chi connectivity index (χ3v) is 2.35. The number of allylic oxidation sites excluding steroid dienone is 1. The van der Waals surface area contributed by atoms with E-state index in [2.05, 4.69) is 39.0 Å². The standard InChI is InChI=1S/C8H11IN2/c1-3-6-7(9)5-11-8(6)10-4-2/h3,5H,4H2,1-2H3,(H,10,11)/b6-3-. The zero-order chi connectivity index (χ0) is 8.27.